The average Bonchev–Trinajstić information content (AvgIpc) is 3.18. The van der Waals surface area contributed by atoms with E-state index in [1.165, 1.54) is 24.3 Å². The molecule has 7 heteroatoms. The number of nitrogens with one attached hydrogen (secondary N) is 2. The summed E-state index contributed by atoms with van der Waals surface area (Å²) in [6, 6.07) is 15.6. The van der Waals surface area contributed by atoms with E-state index < -0.39 is 5.91 Å². The molecule has 0 aliphatic rings. The van der Waals surface area contributed by atoms with Gasteiger partial charge in [0.05, 0.1) is 0 Å². The standard InChI is InChI=1S/C22H21FN2O4/c1-14(2)21(26)24-16-5-7-17(8-6-16)25-22(27)20-12-11-19(29-20)13-28-18-9-3-15(23)4-10-18/h3-12,14H,13H2,1-2H3,(H,24,26)(H,25,27). The summed E-state index contributed by atoms with van der Waals surface area (Å²) < 4.78 is 23.9. The van der Waals surface area contributed by atoms with Gasteiger partial charge in [-0.2, -0.15) is 0 Å². The van der Waals surface area contributed by atoms with E-state index in [0.717, 1.165) is 0 Å². The van der Waals surface area contributed by atoms with Crippen LogP contribution in [0.25, 0.3) is 0 Å². The minimum Gasteiger partial charge on any atom is -0.486 e. The van der Waals surface area contributed by atoms with Gasteiger partial charge in [0, 0.05) is 17.3 Å². The molecule has 0 unspecified atom stereocenters. The number of hydrogen-bond acceptors (Lipinski definition) is 4. The lowest BCUT2D eigenvalue weighted by molar-refractivity contribution is -0.118. The highest BCUT2D eigenvalue weighted by atomic mass is 19.1. The van der Waals surface area contributed by atoms with Crippen molar-refractivity contribution in [2.24, 2.45) is 5.92 Å². The maximum absolute atomic E-state index is 12.9. The van der Waals surface area contributed by atoms with Crippen molar-refractivity contribution < 1.29 is 23.1 Å². The van der Waals surface area contributed by atoms with Crippen LogP contribution in [0.3, 0.4) is 0 Å². The van der Waals surface area contributed by atoms with Crippen molar-refractivity contribution >= 4 is 23.2 Å². The van der Waals surface area contributed by atoms with Gasteiger partial charge in [0.25, 0.3) is 5.91 Å². The molecule has 2 amide bonds. The summed E-state index contributed by atoms with van der Waals surface area (Å²) in [6.45, 7) is 3.74. The molecule has 2 N–H and O–H groups in total. The first-order valence-electron chi connectivity index (χ1n) is 9.10. The van der Waals surface area contributed by atoms with E-state index in [2.05, 4.69) is 10.6 Å². The third kappa shape index (κ3) is 5.68. The van der Waals surface area contributed by atoms with Crippen molar-refractivity contribution in [1.82, 2.24) is 0 Å². The van der Waals surface area contributed by atoms with Gasteiger partial charge in [-0.1, -0.05) is 13.8 Å². The molecule has 2 aromatic carbocycles. The van der Waals surface area contributed by atoms with Crippen LogP contribution in [0.15, 0.2) is 65.1 Å². The molecule has 0 bridgehead atoms. The fraction of sp³-hybridized carbons (Fsp3) is 0.182. The summed E-state index contributed by atoms with van der Waals surface area (Å²) in [5.74, 6) is 0.161. The number of amides is 2. The lowest BCUT2D eigenvalue weighted by Crippen LogP contribution is -2.17. The molecule has 0 spiro atoms. The quantitative estimate of drug-likeness (QED) is 0.599. The highest BCUT2D eigenvalue weighted by molar-refractivity contribution is 6.02. The van der Waals surface area contributed by atoms with Crippen LogP contribution in [0, 0.1) is 11.7 Å². The highest BCUT2D eigenvalue weighted by Crippen LogP contribution is 2.18. The van der Waals surface area contributed by atoms with E-state index in [1.54, 1.807) is 36.4 Å². The summed E-state index contributed by atoms with van der Waals surface area (Å²) in [6.07, 6.45) is 0. The van der Waals surface area contributed by atoms with Gasteiger partial charge in [0.2, 0.25) is 5.91 Å². The summed E-state index contributed by atoms with van der Waals surface area (Å²) in [5, 5.41) is 5.51. The Labute approximate surface area is 167 Å². The Morgan fingerprint density at radius 1 is 0.931 bits per heavy atom. The van der Waals surface area contributed by atoms with E-state index in [1.807, 2.05) is 13.8 Å². The van der Waals surface area contributed by atoms with Crippen molar-refractivity contribution in [3.05, 3.63) is 78.0 Å². The zero-order valence-electron chi connectivity index (χ0n) is 16.1. The van der Waals surface area contributed by atoms with E-state index >= 15 is 0 Å². The normalized spacial score (nSPS) is 10.6. The van der Waals surface area contributed by atoms with E-state index in [0.29, 0.717) is 22.9 Å². The number of benzene rings is 2. The molecule has 0 atom stereocenters. The second-order valence-electron chi connectivity index (χ2n) is 6.68. The Hall–Kier alpha value is -3.61. The van der Waals surface area contributed by atoms with Crippen LogP contribution >= 0.6 is 0 Å². The molecule has 0 saturated heterocycles. The van der Waals surface area contributed by atoms with Crippen LogP contribution in [-0.2, 0) is 11.4 Å². The van der Waals surface area contributed by atoms with Gasteiger partial charge in [0.15, 0.2) is 5.76 Å². The van der Waals surface area contributed by atoms with Gasteiger partial charge < -0.3 is 19.8 Å². The van der Waals surface area contributed by atoms with Crippen molar-refractivity contribution in [1.29, 1.82) is 0 Å². The Morgan fingerprint density at radius 2 is 1.55 bits per heavy atom. The Morgan fingerprint density at radius 3 is 2.17 bits per heavy atom. The molecule has 6 nitrogen and oxygen atoms in total. The first-order chi connectivity index (χ1) is 13.9. The monoisotopic (exact) mass is 396 g/mol. The first kappa shape index (κ1) is 20.1. The molecule has 3 rings (SSSR count). The predicted molar refractivity (Wildman–Crippen MR) is 107 cm³/mol. The smallest absolute Gasteiger partial charge is 0.291 e. The van der Waals surface area contributed by atoms with Crippen LogP contribution in [-0.4, -0.2) is 11.8 Å². The Kier molecular flexibility index (Phi) is 6.29. The number of halogens is 1. The zero-order valence-corrected chi connectivity index (χ0v) is 16.1. The number of ether oxygens (including phenoxy) is 1. The number of carbonyl (C=O) groups excluding carboxylic acids is 2. The molecule has 0 radical (unpaired) electrons. The van der Waals surface area contributed by atoms with E-state index in [9.17, 15) is 14.0 Å². The summed E-state index contributed by atoms with van der Waals surface area (Å²) in [7, 11) is 0. The maximum atomic E-state index is 12.9. The van der Waals surface area contributed by atoms with Gasteiger partial charge in [-0.25, -0.2) is 4.39 Å². The van der Waals surface area contributed by atoms with E-state index in [-0.39, 0.29) is 30.0 Å². The molecule has 1 heterocycles. The Balaban J connectivity index is 1.54. The topological polar surface area (TPSA) is 80.6 Å². The minimum atomic E-state index is -0.406. The summed E-state index contributed by atoms with van der Waals surface area (Å²) in [4.78, 5) is 24.0. The van der Waals surface area contributed by atoms with Gasteiger partial charge in [-0.15, -0.1) is 0 Å². The van der Waals surface area contributed by atoms with Gasteiger partial charge in [0.1, 0.15) is 23.9 Å². The lowest BCUT2D eigenvalue weighted by Gasteiger charge is -2.09. The van der Waals surface area contributed by atoms with E-state index in [4.69, 9.17) is 9.15 Å². The van der Waals surface area contributed by atoms with Crippen LogP contribution in [0.5, 0.6) is 5.75 Å². The first-order valence-corrected chi connectivity index (χ1v) is 9.10. The molecular weight excluding hydrogens is 375 g/mol. The third-order valence-corrected chi connectivity index (χ3v) is 4.01. The van der Waals surface area contributed by atoms with Crippen LogP contribution in [0.1, 0.15) is 30.2 Å². The second-order valence-corrected chi connectivity index (χ2v) is 6.68. The van der Waals surface area contributed by atoms with Gasteiger partial charge >= 0.3 is 0 Å². The number of furan rings is 1. The molecule has 150 valence electrons. The fourth-order valence-electron chi connectivity index (χ4n) is 2.38. The van der Waals surface area contributed by atoms with Crippen molar-refractivity contribution in [3.8, 4) is 5.75 Å². The summed E-state index contributed by atoms with van der Waals surface area (Å²) >= 11 is 0. The molecule has 0 fully saturated rings. The lowest BCUT2D eigenvalue weighted by atomic mass is 10.2. The van der Waals surface area contributed by atoms with Gasteiger partial charge in [-0.3, -0.25) is 9.59 Å². The zero-order chi connectivity index (χ0) is 20.8. The molecule has 3 aromatic rings. The van der Waals surface area contributed by atoms with Crippen LogP contribution < -0.4 is 15.4 Å². The molecule has 0 aliphatic heterocycles. The predicted octanol–water partition coefficient (Wildman–Crippen LogP) is 4.84. The average molecular weight is 396 g/mol. The maximum Gasteiger partial charge on any atom is 0.291 e. The van der Waals surface area contributed by atoms with Crippen LogP contribution in [0.2, 0.25) is 0 Å². The molecule has 0 saturated carbocycles. The number of anilines is 2. The SMILES string of the molecule is CC(C)C(=O)Nc1ccc(NC(=O)c2ccc(COc3ccc(F)cc3)o2)cc1. The summed E-state index contributed by atoms with van der Waals surface area (Å²) in [5.41, 5.74) is 1.22. The molecule has 1 aromatic heterocycles. The number of carbonyl (C=O) groups is 2. The minimum absolute atomic E-state index is 0.0762. The highest BCUT2D eigenvalue weighted by Gasteiger charge is 2.12. The van der Waals surface area contributed by atoms with Crippen LogP contribution in [0.4, 0.5) is 15.8 Å². The second kappa shape index (κ2) is 9.05. The van der Waals surface area contributed by atoms with Gasteiger partial charge in [-0.05, 0) is 60.7 Å². The molecular formula is C22H21FN2O4. The van der Waals surface area contributed by atoms with Crippen molar-refractivity contribution in [2.75, 3.05) is 10.6 Å². The number of hydrogen-bond donors (Lipinski definition) is 2. The van der Waals surface area contributed by atoms with Crippen molar-refractivity contribution in [2.45, 2.75) is 20.5 Å². The molecule has 29 heavy (non-hydrogen) atoms. The molecule has 0 aliphatic carbocycles. The van der Waals surface area contributed by atoms with Crippen molar-refractivity contribution in [3.63, 3.8) is 0 Å². The Bertz CT molecular complexity index is 979. The third-order valence-electron chi connectivity index (χ3n) is 4.01. The largest absolute Gasteiger partial charge is 0.486 e. The fourth-order valence-corrected chi connectivity index (χ4v) is 2.38. The number of rotatable bonds is 7.